The summed E-state index contributed by atoms with van der Waals surface area (Å²) < 4.78 is 66.7. The lowest BCUT2D eigenvalue weighted by molar-refractivity contribution is -0.360. The number of ether oxygens (including phenoxy) is 12. The first-order valence-corrected chi connectivity index (χ1v) is 16.0. The lowest BCUT2D eigenvalue weighted by Gasteiger charge is -2.48. The topological polar surface area (TPSA) is 247 Å². The zero-order valence-corrected chi connectivity index (χ0v) is 30.6. The van der Waals surface area contributed by atoms with Crippen molar-refractivity contribution in [3.63, 3.8) is 0 Å². The Kier molecular flexibility index (Phi) is 16.4. The Morgan fingerprint density at radius 1 is 0.481 bits per heavy atom. The molecule has 2 heterocycles. The molecule has 0 spiro atoms. The molecule has 0 bridgehead atoms. The monoisotopic (exact) mass is 750 g/mol. The van der Waals surface area contributed by atoms with E-state index in [9.17, 15) is 38.4 Å². The molecule has 2 fully saturated rings. The van der Waals surface area contributed by atoms with E-state index in [2.05, 4.69) is 0 Å². The molecular formula is C32H46O20. The van der Waals surface area contributed by atoms with Gasteiger partial charge in [-0.05, 0) is 20.8 Å². The lowest BCUT2D eigenvalue weighted by atomic mass is 9.96. The molecule has 52 heavy (non-hydrogen) atoms. The van der Waals surface area contributed by atoms with Crippen LogP contribution in [0.15, 0.2) is 0 Å². The molecule has 0 aromatic rings. The minimum atomic E-state index is -1.84. The highest BCUT2D eigenvalue weighted by Gasteiger charge is 2.57. The van der Waals surface area contributed by atoms with Crippen molar-refractivity contribution in [1.82, 2.24) is 0 Å². The van der Waals surface area contributed by atoms with E-state index in [1.807, 2.05) is 0 Å². The summed E-state index contributed by atoms with van der Waals surface area (Å²) in [4.78, 5) is 97.8. The van der Waals surface area contributed by atoms with Crippen molar-refractivity contribution in [2.45, 2.75) is 136 Å². The normalized spacial score (nSPS) is 28.7. The van der Waals surface area contributed by atoms with Gasteiger partial charge in [-0.15, -0.1) is 0 Å². The molecule has 2 saturated heterocycles. The van der Waals surface area contributed by atoms with Gasteiger partial charge in [-0.2, -0.15) is 0 Å². The smallest absolute Gasteiger partial charge is 0.332 e. The molecule has 0 aromatic heterocycles. The Bertz CT molecular complexity index is 1320. The highest BCUT2D eigenvalue weighted by Crippen LogP contribution is 2.35. The van der Waals surface area contributed by atoms with Crippen molar-refractivity contribution in [1.29, 1.82) is 0 Å². The van der Waals surface area contributed by atoms with Crippen LogP contribution in [-0.2, 0) is 95.2 Å². The summed E-state index contributed by atoms with van der Waals surface area (Å²) in [7, 11) is 0. The van der Waals surface area contributed by atoms with Gasteiger partial charge < -0.3 is 56.8 Å². The van der Waals surface area contributed by atoms with Gasteiger partial charge in [-0.1, -0.05) is 0 Å². The van der Waals surface area contributed by atoms with Crippen LogP contribution in [0.4, 0.5) is 0 Å². The maximum Gasteiger partial charge on any atom is 0.332 e. The Morgan fingerprint density at radius 2 is 0.846 bits per heavy atom. The van der Waals surface area contributed by atoms with Crippen molar-refractivity contribution in [3.8, 4) is 0 Å². The first-order chi connectivity index (χ1) is 24.1. The van der Waals surface area contributed by atoms with Gasteiger partial charge in [-0.25, -0.2) is 4.79 Å². The molecule has 0 aromatic carbocycles. The van der Waals surface area contributed by atoms with Crippen molar-refractivity contribution in [2.24, 2.45) is 0 Å². The summed E-state index contributed by atoms with van der Waals surface area (Å²) in [6.07, 6.45) is -16.4. The first kappa shape index (κ1) is 43.8. The minimum absolute atomic E-state index is 0.597. The highest BCUT2D eigenvalue weighted by molar-refractivity contribution is 5.71. The molecule has 294 valence electrons. The number of rotatable bonds is 14. The van der Waals surface area contributed by atoms with Gasteiger partial charge in [0.25, 0.3) is 0 Å². The Hall–Kier alpha value is -4.40. The number of carbonyl (C=O) groups excluding carboxylic acids is 8. The Morgan fingerprint density at radius 3 is 1.27 bits per heavy atom. The van der Waals surface area contributed by atoms with Gasteiger partial charge >= 0.3 is 47.8 Å². The molecule has 20 nitrogen and oxygen atoms in total. The van der Waals surface area contributed by atoms with Crippen LogP contribution >= 0.6 is 0 Å². The Balaban J connectivity index is 2.71. The number of hydrogen-bond acceptors (Lipinski definition) is 20. The van der Waals surface area contributed by atoms with Gasteiger partial charge in [0.2, 0.25) is 0 Å². The van der Waals surface area contributed by atoms with Crippen LogP contribution in [0, 0.1) is 0 Å². The summed E-state index contributed by atoms with van der Waals surface area (Å²) in [5.74, 6) is -6.98. The molecule has 2 aliphatic heterocycles. The quantitative estimate of drug-likeness (QED) is 0.167. The van der Waals surface area contributed by atoms with Crippen molar-refractivity contribution in [2.75, 3.05) is 19.8 Å². The van der Waals surface area contributed by atoms with Crippen LogP contribution in [0.1, 0.15) is 69.2 Å². The molecule has 0 aliphatic carbocycles. The number of carbonyl (C=O) groups is 8. The van der Waals surface area contributed by atoms with Crippen LogP contribution in [0.25, 0.3) is 0 Å². The van der Waals surface area contributed by atoms with Crippen molar-refractivity contribution < 1.29 is 95.2 Å². The third-order valence-corrected chi connectivity index (χ3v) is 6.67. The molecule has 2 rings (SSSR count). The highest BCUT2D eigenvalue weighted by atomic mass is 16.8. The molecule has 0 unspecified atom stereocenters. The summed E-state index contributed by atoms with van der Waals surface area (Å²) in [5, 5.41) is 0. The van der Waals surface area contributed by atoms with Crippen molar-refractivity contribution >= 4 is 47.8 Å². The van der Waals surface area contributed by atoms with Crippen LogP contribution in [-0.4, -0.2) is 135 Å². The van der Waals surface area contributed by atoms with E-state index in [0.717, 1.165) is 48.5 Å². The van der Waals surface area contributed by atoms with Crippen LogP contribution in [0.2, 0.25) is 0 Å². The fourth-order valence-electron chi connectivity index (χ4n) is 5.13. The maximum atomic E-state index is 12.5. The minimum Gasteiger partial charge on any atom is -0.463 e. The summed E-state index contributed by atoms with van der Waals surface area (Å²) in [5.41, 5.74) is -0.898. The standard InChI is InChI=1S/C32H46O20/c1-14(33)41-11-21-24(44-16(3)35)26(45-17(4)36)29(48-20(7)39)31(50-21)51-25-22(12-42-15(2)34)49-30(43-13-23(40)52-32(8,9)10)28(47-19(6)38)27(25)46-18(5)37/h21-22,24-31H,11-13H2,1-10H3/t21-,22-,24+,25-,26+,27+,28-,29-,30+,31+/m1/s1. The van der Waals surface area contributed by atoms with E-state index in [4.69, 9.17) is 56.8 Å². The van der Waals surface area contributed by atoms with Gasteiger partial charge in [0, 0.05) is 48.5 Å². The van der Waals surface area contributed by atoms with Gasteiger partial charge in [0.1, 0.15) is 43.7 Å². The zero-order valence-electron chi connectivity index (χ0n) is 30.6. The van der Waals surface area contributed by atoms with Gasteiger partial charge in [0.15, 0.2) is 43.1 Å². The fraction of sp³-hybridized carbons (Fsp3) is 0.750. The lowest BCUT2D eigenvalue weighted by Crippen LogP contribution is -2.67. The number of esters is 8. The van der Waals surface area contributed by atoms with E-state index < -0.39 is 135 Å². The third kappa shape index (κ3) is 14.3. The van der Waals surface area contributed by atoms with Crippen LogP contribution in [0.5, 0.6) is 0 Å². The van der Waals surface area contributed by atoms with E-state index in [-0.39, 0.29) is 0 Å². The number of hydrogen-bond donors (Lipinski definition) is 0. The second-order valence-corrected chi connectivity index (χ2v) is 12.6. The largest absolute Gasteiger partial charge is 0.463 e. The molecule has 0 N–H and O–H groups in total. The fourth-order valence-corrected chi connectivity index (χ4v) is 5.13. The summed E-state index contributed by atoms with van der Waals surface area (Å²) in [6, 6.07) is 0. The van der Waals surface area contributed by atoms with E-state index in [1.54, 1.807) is 20.8 Å². The summed E-state index contributed by atoms with van der Waals surface area (Å²) in [6.45, 7) is 10.2. The molecule has 10 atom stereocenters. The van der Waals surface area contributed by atoms with E-state index >= 15 is 0 Å². The molecular weight excluding hydrogens is 704 g/mol. The average molecular weight is 751 g/mol. The maximum absolute atomic E-state index is 12.5. The molecule has 2 aliphatic rings. The average Bonchev–Trinajstić information content (AvgIpc) is 2.97. The van der Waals surface area contributed by atoms with Crippen molar-refractivity contribution in [3.05, 3.63) is 0 Å². The molecule has 0 saturated carbocycles. The summed E-state index contributed by atoms with van der Waals surface area (Å²) >= 11 is 0. The third-order valence-electron chi connectivity index (χ3n) is 6.67. The van der Waals surface area contributed by atoms with Gasteiger partial charge in [-0.3, -0.25) is 33.6 Å². The first-order valence-electron chi connectivity index (χ1n) is 16.0. The predicted octanol–water partition coefficient (Wildman–Crippen LogP) is -0.0356. The van der Waals surface area contributed by atoms with E-state index in [0.29, 0.717) is 0 Å². The zero-order chi connectivity index (χ0) is 39.5. The van der Waals surface area contributed by atoms with Crippen LogP contribution in [0.3, 0.4) is 0 Å². The predicted molar refractivity (Wildman–Crippen MR) is 165 cm³/mol. The second kappa shape index (κ2) is 19.4. The molecule has 0 amide bonds. The van der Waals surface area contributed by atoms with E-state index in [1.165, 1.54) is 0 Å². The molecule has 0 radical (unpaired) electrons. The van der Waals surface area contributed by atoms with Gasteiger partial charge in [0.05, 0.1) is 0 Å². The SMILES string of the molecule is CC(=O)OC[C@H]1O[C@@H](O[C@H]2[C@H](OC(C)=O)[C@@H](OC(C)=O)[C@@H](OCC(=O)OC(C)(C)C)O[C@@H]2COC(C)=O)[C@H](OC(C)=O)[C@@H](OC(C)=O)[C@H]1OC(C)=O. The second-order valence-electron chi connectivity index (χ2n) is 12.6. The van der Waals surface area contributed by atoms with Crippen LogP contribution < -0.4 is 0 Å². The Labute approximate surface area is 299 Å². The molecule has 20 heteroatoms.